The van der Waals surface area contributed by atoms with Crippen molar-refractivity contribution in [3.05, 3.63) is 53.6 Å². The SMILES string of the molecule is COc1cccc(C)c1-c1ccccc1C=O. The van der Waals surface area contributed by atoms with Gasteiger partial charge in [-0.1, -0.05) is 36.4 Å². The van der Waals surface area contributed by atoms with Crippen LogP contribution < -0.4 is 4.74 Å². The van der Waals surface area contributed by atoms with Crippen LogP contribution in [0, 0.1) is 6.92 Å². The van der Waals surface area contributed by atoms with Crippen molar-refractivity contribution in [2.24, 2.45) is 0 Å². The molecule has 0 N–H and O–H groups in total. The number of aryl methyl sites for hydroxylation is 1. The van der Waals surface area contributed by atoms with Gasteiger partial charge in [-0.25, -0.2) is 0 Å². The van der Waals surface area contributed by atoms with Gasteiger partial charge in [-0.05, 0) is 24.1 Å². The lowest BCUT2D eigenvalue weighted by molar-refractivity contribution is 0.112. The number of rotatable bonds is 3. The highest BCUT2D eigenvalue weighted by Gasteiger charge is 2.11. The first-order chi connectivity index (χ1) is 8.27. The highest BCUT2D eigenvalue weighted by Crippen LogP contribution is 2.34. The molecule has 0 aliphatic carbocycles. The van der Waals surface area contributed by atoms with E-state index in [0.717, 1.165) is 28.7 Å². The summed E-state index contributed by atoms with van der Waals surface area (Å²) in [5.74, 6) is 0.791. The van der Waals surface area contributed by atoms with Gasteiger partial charge in [0.05, 0.1) is 7.11 Å². The van der Waals surface area contributed by atoms with Gasteiger partial charge in [0, 0.05) is 11.1 Å². The third-order valence-corrected chi connectivity index (χ3v) is 2.81. The lowest BCUT2D eigenvalue weighted by Gasteiger charge is -2.13. The summed E-state index contributed by atoms with van der Waals surface area (Å²) >= 11 is 0. The van der Waals surface area contributed by atoms with Crippen LogP contribution in [0.4, 0.5) is 0 Å². The van der Waals surface area contributed by atoms with E-state index >= 15 is 0 Å². The first-order valence-corrected chi connectivity index (χ1v) is 5.46. The molecule has 2 heteroatoms. The molecule has 0 radical (unpaired) electrons. The summed E-state index contributed by atoms with van der Waals surface area (Å²) in [5.41, 5.74) is 3.67. The number of hydrogen-bond acceptors (Lipinski definition) is 2. The molecule has 0 saturated carbocycles. The predicted molar refractivity (Wildman–Crippen MR) is 68.6 cm³/mol. The van der Waals surface area contributed by atoms with Crippen molar-refractivity contribution in [1.82, 2.24) is 0 Å². The maximum atomic E-state index is 11.1. The Morgan fingerprint density at radius 1 is 1.06 bits per heavy atom. The number of aldehydes is 1. The van der Waals surface area contributed by atoms with Crippen molar-refractivity contribution in [2.45, 2.75) is 6.92 Å². The molecule has 0 unspecified atom stereocenters. The molecule has 0 atom stereocenters. The maximum Gasteiger partial charge on any atom is 0.150 e. The minimum Gasteiger partial charge on any atom is -0.496 e. The molecular formula is C15H14O2. The lowest BCUT2D eigenvalue weighted by Crippen LogP contribution is -1.94. The Kier molecular flexibility index (Phi) is 3.24. The quantitative estimate of drug-likeness (QED) is 0.749. The van der Waals surface area contributed by atoms with Crippen LogP contribution in [0.3, 0.4) is 0 Å². The number of hydrogen-bond donors (Lipinski definition) is 0. The Hall–Kier alpha value is -2.09. The van der Waals surface area contributed by atoms with Crippen LogP contribution in [-0.2, 0) is 0 Å². The fourth-order valence-corrected chi connectivity index (χ4v) is 1.98. The second-order valence-electron chi connectivity index (χ2n) is 3.86. The number of carbonyl (C=O) groups excluding carboxylic acids is 1. The van der Waals surface area contributed by atoms with Crippen LogP contribution >= 0.6 is 0 Å². The molecule has 0 aromatic heterocycles. The zero-order valence-electron chi connectivity index (χ0n) is 9.94. The molecule has 17 heavy (non-hydrogen) atoms. The second-order valence-corrected chi connectivity index (χ2v) is 3.86. The van der Waals surface area contributed by atoms with E-state index in [1.807, 2.05) is 49.4 Å². The normalized spacial score (nSPS) is 10.0. The average molecular weight is 226 g/mol. The minimum atomic E-state index is 0.681. The van der Waals surface area contributed by atoms with Gasteiger partial charge in [-0.2, -0.15) is 0 Å². The largest absolute Gasteiger partial charge is 0.496 e. The molecule has 2 aromatic rings. The molecule has 86 valence electrons. The van der Waals surface area contributed by atoms with Gasteiger partial charge in [0.25, 0.3) is 0 Å². The molecule has 2 aromatic carbocycles. The van der Waals surface area contributed by atoms with Crippen LogP contribution in [0.5, 0.6) is 5.75 Å². The van der Waals surface area contributed by atoms with E-state index in [1.54, 1.807) is 7.11 Å². The molecule has 0 fully saturated rings. The van der Waals surface area contributed by atoms with Gasteiger partial charge >= 0.3 is 0 Å². The summed E-state index contributed by atoms with van der Waals surface area (Å²) in [6.07, 6.45) is 0.876. The molecule has 0 bridgehead atoms. The number of ether oxygens (including phenoxy) is 1. The van der Waals surface area contributed by atoms with Gasteiger partial charge in [-0.3, -0.25) is 4.79 Å². The first kappa shape index (κ1) is 11.4. The summed E-state index contributed by atoms with van der Waals surface area (Å²) in [6, 6.07) is 13.4. The molecule has 0 spiro atoms. The van der Waals surface area contributed by atoms with E-state index < -0.39 is 0 Å². The van der Waals surface area contributed by atoms with Crippen molar-refractivity contribution in [2.75, 3.05) is 7.11 Å². The van der Waals surface area contributed by atoms with Crippen molar-refractivity contribution in [3.63, 3.8) is 0 Å². The summed E-state index contributed by atoms with van der Waals surface area (Å²) in [7, 11) is 1.64. The highest BCUT2D eigenvalue weighted by molar-refractivity contribution is 5.90. The van der Waals surface area contributed by atoms with Crippen molar-refractivity contribution in [1.29, 1.82) is 0 Å². The summed E-state index contributed by atoms with van der Waals surface area (Å²) in [6.45, 7) is 2.01. The van der Waals surface area contributed by atoms with E-state index in [1.165, 1.54) is 0 Å². The minimum absolute atomic E-state index is 0.681. The van der Waals surface area contributed by atoms with Gasteiger partial charge in [0.2, 0.25) is 0 Å². The Balaban J connectivity index is 2.71. The Morgan fingerprint density at radius 2 is 1.82 bits per heavy atom. The van der Waals surface area contributed by atoms with E-state index in [-0.39, 0.29) is 0 Å². The van der Waals surface area contributed by atoms with E-state index in [0.29, 0.717) is 5.56 Å². The zero-order valence-corrected chi connectivity index (χ0v) is 9.94. The Morgan fingerprint density at radius 3 is 2.53 bits per heavy atom. The van der Waals surface area contributed by atoms with Crippen LogP contribution in [0.25, 0.3) is 11.1 Å². The number of benzene rings is 2. The van der Waals surface area contributed by atoms with E-state index in [4.69, 9.17) is 4.74 Å². The number of methoxy groups -OCH3 is 1. The van der Waals surface area contributed by atoms with Crippen LogP contribution in [0.2, 0.25) is 0 Å². The predicted octanol–water partition coefficient (Wildman–Crippen LogP) is 3.48. The molecular weight excluding hydrogens is 212 g/mol. The molecule has 0 aliphatic heterocycles. The monoisotopic (exact) mass is 226 g/mol. The smallest absolute Gasteiger partial charge is 0.150 e. The first-order valence-electron chi connectivity index (χ1n) is 5.46. The van der Waals surface area contributed by atoms with Crippen LogP contribution in [0.1, 0.15) is 15.9 Å². The summed E-state index contributed by atoms with van der Waals surface area (Å²) in [4.78, 5) is 11.1. The third-order valence-electron chi connectivity index (χ3n) is 2.81. The van der Waals surface area contributed by atoms with Gasteiger partial charge < -0.3 is 4.74 Å². The maximum absolute atomic E-state index is 11.1. The Labute approximate surface area is 101 Å². The van der Waals surface area contributed by atoms with Gasteiger partial charge in [0.1, 0.15) is 5.75 Å². The van der Waals surface area contributed by atoms with Gasteiger partial charge in [-0.15, -0.1) is 0 Å². The lowest BCUT2D eigenvalue weighted by atomic mass is 9.95. The summed E-state index contributed by atoms with van der Waals surface area (Å²) < 4.78 is 5.36. The average Bonchev–Trinajstić information content (AvgIpc) is 2.38. The van der Waals surface area contributed by atoms with Gasteiger partial charge in [0.15, 0.2) is 6.29 Å². The summed E-state index contributed by atoms with van der Waals surface area (Å²) in [5, 5.41) is 0. The highest BCUT2D eigenvalue weighted by atomic mass is 16.5. The molecule has 2 nitrogen and oxygen atoms in total. The fraction of sp³-hybridized carbons (Fsp3) is 0.133. The molecule has 0 saturated heterocycles. The van der Waals surface area contributed by atoms with Crippen LogP contribution in [-0.4, -0.2) is 13.4 Å². The third kappa shape index (κ3) is 2.07. The van der Waals surface area contributed by atoms with Crippen molar-refractivity contribution in [3.8, 4) is 16.9 Å². The molecule has 0 heterocycles. The second kappa shape index (κ2) is 4.83. The van der Waals surface area contributed by atoms with E-state index in [2.05, 4.69) is 0 Å². The molecule has 0 aliphatic rings. The van der Waals surface area contributed by atoms with Crippen molar-refractivity contribution >= 4 is 6.29 Å². The van der Waals surface area contributed by atoms with E-state index in [9.17, 15) is 4.79 Å². The van der Waals surface area contributed by atoms with Crippen LogP contribution in [0.15, 0.2) is 42.5 Å². The number of carbonyl (C=O) groups is 1. The Bertz CT molecular complexity index is 544. The van der Waals surface area contributed by atoms with Crippen molar-refractivity contribution < 1.29 is 9.53 Å². The molecule has 2 rings (SSSR count). The molecule has 0 amide bonds. The zero-order chi connectivity index (χ0) is 12.3. The fourth-order valence-electron chi connectivity index (χ4n) is 1.98. The standard InChI is InChI=1S/C15H14O2/c1-11-6-5-9-14(17-2)15(11)13-8-4-3-7-12(13)10-16/h3-10H,1-2H3. The topological polar surface area (TPSA) is 26.3 Å².